The van der Waals surface area contributed by atoms with Gasteiger partial charge in [0.2, 0.25) is 0 Å². The van der Waals surface area contributed by atoms with Crippen molar-refractivity contribution in [1.82, 2.24) is 9.97 Å². The molecule has 1 N–H and O–H groups in total. The van der Waals surface area contributed by atoms with Crippen LogP contribution in [-0.2, 0) is 30.3 Å². The van der Waals surface area contributed by atoms with E-state index in [2.05, 4.69) is 74.1 Å². The smallest absolute Gasteiger partial charge is 0.164 e. The number of allylic oxidation sites excluding steroid dienone is 2. The van der Waals surface area contributed by atoms with Crippen molar-refractivity contribution < 1.29 is 30.0 Å². The summed E-state index contributed by atoms with van der Waals surface area (Å²) in [5.74, 6) is 0.286. The topological polar surface area (TPSA) is 63.1 Å². The van der Waals surface area contributed by atoms with Crippen molar-refractivity contribution in [3.05, 3.63) is 77.5 Å². The molecule has 1 radical (unpaired) electrons. The summed E-state index contributed by atoms with van der Waals surface area (Å²) in [7, 11) is 0. The third kappa shape index (κ3) is 8.11. The summed E-state index contributed by atoms with van der Waals surface area (Å²) in [6.45, 7) is 22.7. The van der Waals surface area contributed by atoms with Gasteiger partial charge in [-0.15, -0.1) is 52.0 Å². The molecule has 5 rings (SSSR count). The third-order valence-corrected chi connectivity index (χ3v) is 12.4. The van der Waals surface area contributed by atoms with Crippen molar-refractivity contribution in [3.63, 3.8) is 0 Å². The molecule has 0 amide bonds. The number of aromatic nitrogens is 2. The summed E-state index contributed by atoms with van der Waals surface area (Å²) in [4.78, 5) is 23.7. The predicted molar refractivity (Wildman–Crippen MR) is 202 cm³/mol. The van der Waals surface area contributed by atoms with Crippen LogP contribution in [0.3, 0.4) is 0 Å². The van der Waals surface area contributed by atoms with Crippen molar-refractivity contribution in [2.75, 3.05) is 0 Å². The summed E-state index contributed by atoms with van der Waals surface area (Å²) in [6, 6.07) is 14.4. The molecule has 0 aliphatic carbocycles. The van der Waals surface area contributed by atoms with Gasteiger partial charge in [-0.3, -0.25) is 9.78 Å². The molecule has 8 heteroatoms. The minimum Gasteiger partial charge on any atom is -0.512 e. The van der Waals surface area contributed by atoms with E-state index in [0.717, 1.165) is 47.2 Å². The molecule has 0 aliphatic rings. The van der Waals surface area contributed by atoms with Gasteiger partial charge in [-0.05, 0) is 59.4 Å². The van der Waals surface area contributed by atoms with Crippen molar-refractivity contribution in [3.8, 4) is 11.3 Å². The number of carbonyl (C=O) groups excluding carboxylic acids is 1. The van der Waals surface area contributed by atoms with Gasteiger partial charge in [0, 0.05) is 62.9 Å². The molecule has 3 aromatic heterocycles. The third-order valence-electron chi connectivity index (χ3n) is 9.66. The van der Waals surface area contributed by atoms with E-state index in [-0.39, 0.29) is 47.9 Å². The Bertz CT molecular complexity index is 1890. The Labute approximate surface area is 306 Å². The molecular weight excluding hydrogens is 817 g/mol. The first-order chi connectivity index (χ1) is 21.8. The molecule has 3 heterocycles. The summed E-state index contributed by atoms with van der Waals surface area (Å²) >= 11 is 5.17. The van der Waals surface area contributed by atoms with E-state index in [1.807, 2.05) is 47.0 Å². The molecule has 0 atom stereocenters. The van der Waals surface area contributed by atoms with Crippen molar-refractivity contribution in [2.24, 2.45) is 10.8 Å². The van der Waals surface area contributed by atoms with Crippen LogP contribution in [-0.4, -0.2) is 20.9 Å². The molecule has 47 heavy (non-hydrogen) atoms. The first-order valence-corrected chi connectivity index (χ1v) is 18.7. The van der Waals surface area contributed by atoms with Gasteiger partial charge in [-0.1, -0.05) is 79.9 Å². The molecule has 0 bridgehead atoms. The first kappa shape index (κ1) is 39.1. The molecule has 0 unspecified atom stereocenters. The van der Waals surface area contributed by atoms with E-state index in [9.17, 15) is 9.90 Å². The fourth-order valence-corrected chi connectivity index (χ4v) is 8.21. The molecule has 5 aromatic rings. The second kappa shape index (κ2) is 15.9. The number of aliphatic hydroxyl groups excluding tert-OH is 1. The van der Waals surface area contributed by atoms with E-state index in [0.29, 0.717) is 0 Å². The quantitative estimate of drug-likeness (QED) is 0.0656. The number of benzene rings is 2. The molecule has 0 saturated carbocycles. The van der Waals surface area contributed by atoms with Crippen LogP contribution in [0.15, 0.2) is 70.8 Å². The van der Waals surface area contributed by atoms with Crippen molar-refractivity contribution >= 4 is 70.6 Å². The van der Waals surface area contributed by atoms with Crippen LogP contribution in [0.25, 0.3) is 41.6 Å². The van der Waals surface area contributed by atoms with E-state index in [4.69, 9.17) is 4.98 Å². The SMILES string of the molecule is C=CSc1c[c-]c(-c2ncnc3sc4c5ccsc5ccc4c23)cc1C(C)(C)C.CCC(C)(CC)C(=O)/C=C(\O)C(C)(CC)CC.[Ir]. The Morgan fingerprint density at radius 3 is 2.23 bits per heavy atom. The Kier molecular flexibility index (Phi) is 13.2. The zero-order valence-corrected chi connectivity index (χ0v) is 33.9. The van der Waals surface area contributed by atoms with Gasteiger partial charge in [0.1, 0.15) is 16.9 Å². The molecule has 2 aromatic carbocycles. The maximum atomic E-state index is 12.2. The first-order valence-electron chi connectivity index (χ1n) is 16.1. The standard InChI is InChI=1S/C24H19N2S3.C15H28O2.Ir/c1-5-27-19-8-6-14(12-17(19)24(2,3)4)21-20-16-7-9-18-15(10-11-28-18)22(16)29-23(20)26-13-25-21;1-7-14(5,8-2)12(16)11-13(17)15(6,9-3)10-4;/h5,7-13H,1H2,2-4H3;11,16H,7-10H2,1-6H3;/q-1;;/b;12-11-;. The predicted octanol–water partition coefficient (Wildman–Crippen LogP) is 12.7. The minimum absolute atomic E-state index is 0. The van der Waals surface area contributed by atoms with Gasteiger partial charge >= 0.3 is 0 Å². The number of rotatable bonds is 10. The number of thioether (sulfide) groups is 1. The van der Waals surface area contributed by atoms with Crippen LogP contribution in [0.5, 0.6) is 0 Å². The number of hydrogen-bond donors (Lipinski definition) is 1. The van der Waals surface area contributed by atoms with Crippen LogP contribution < -0.4 is 0 Å². The number of fused-ring (bicyclic) bond motifs is 5. The normalized spacial score (nSPS) is 12.6. The van der Waals surface area contributed by atoms with Crippen LogP contribution in [0.2, 0.25) is 0 Å². The zero-order valence-electron chi connectivity index (χ0n) is 29.0. The largest absolute Gasteiger partial charge is 0.512 e. The molecule has 0 fully saturated rings. The molecule has 4 nitrogen and oxygen atoms in total. The van der Waals surface area contributed by atoms with Crippen LogP contribution >= 0.6 is 34.4 Å². The summed E-state index contributed by atoms with van der Waals surface area (Å²) in [5.41, 5.74) is 2.66. The van der Waals surface area contributed by atoms with Crippen LogP contribution in [0.1, 0.15) is 93.6 Å². The minimum atomic E-state index is -0.337. The fraction of sp³-hybridized carbons (Fsp3) is 0.410. The molecular formula is C39H47IrN2O2S3-. The monoisotopic (exact) mass is 864 g/mol. The number of thiophene rings is 2. The Morgan fingerprint density at radius 2 is 1.64 bits per heavy atom. The summed E-state index contributed by atoms with van der Waals surface area (Å²) < 4.78 is 2.60. The number of carbonyl (C=O) groups is 1. The van der Waals surface area contributed by atoms with Crippen molar-refractivity contribution in [2.45, 2.75) is 98.3 Å². The van der Waals surface area contributed by atoms with Gasteiger partial charge in [0.25, 0.3) is 0 Å². The number of aliphatic hydroxyl groups is 1. The summed E-state index contributed by atoms with van der Waals surface area (Å²) in [6.07, 6.45) is 6.43. The Hall–Kier alpha value is -2.35. The Balaban J connectivity index is 0.000000290. The molecule has 0 aliphatic heterocycles. The van der Waals surface area contributed by atoms with Crippen molar-refractivity contribution in [1.29, 1.82) is 0 Å². The van der Waals surface area contributed by atoms with E-state index in [1.54, 1.807) is 40.8 Å². The van der Waals surface area contributed by atoms with Crippen LogP contribution in [0.4, 0.5) is 0 Å². The average Bonchev–Trinajstić information content (AvgIpc) is 3.69. The fourth-order valence-electron chi connectivity index (χ4n) is 5.39. The van der Waals surface area contributed by atoms with Gasteiger partial charge < -0.3 is 5.11 Å². The molecule has 0 spiro atoms. The average molecular weight is 864 g/mol. The van der Waals surface area contributed by atoms with E-state index in [1.165, 1.54) is 36.7 Å². The maximum Gasteiger partial charge on any atom is 0.164 e. The number of hydrogen-bond acceptors (Lipinski definition) is 7. The molecule has 253 valence electrons. The molecule has 0 saturated heterocycles. The number of ketones is 1. The second-order valence-corrected chi connectivity index (χ2v) is 16.3. The zero-order chi connectivity index (χ0) is 33.9. The van der Waals surface area contributed by atoms with E-state index < -0.39 is 0 Å². The summed E-state index contributed by atoms with van der Waals surface area (Å²) in [5, 5.41) is 17.8. The Morgan fingerprint density at radius 1 is 0.979 bits per heavy atom. The maximum absolute atomic E-state index is 12.2. The number of nitrogens with zero attached hydrogens (tertiary/aromatic N) is 2. The van der Waals surface area contributed by atoms with Gasteiger partial charge in [0.15, 0.2) is 5.78 Å². The van der Waals surface area contributed by atoms with Gasteiger partial charge in [-0.2, -0.15) is 11.8 Å². The van der Waals surface area contributed by atoms with Crippen LogP contribution in [0, 0.1) is 16.9 Å². The second-order valence-electron chi connectivity index (χ2n) is 13.4. The van der Waals surface area contributed by atoms with Gasteiger partial charge in [-0.25, -0.2) is 4.98 Å². The van der Waals surface area contributed by atoms with E-state index >= 15 is 0 Å². The van der Waals surface area contributed by atoms with Gasteiger partial charge in [0.05, 0.1) is 0 Å².